The Labute approximate surface area is 126 Å². The van der Waals surface area contributed by atoms with Gasteiger partial charge in [-0.1, -0.05) is 6.58 Å². The molecule has 2 aromatic heterocycles. The number of nitrogen functional groups attached to an aromatic ring is 1. The first-order valence-corrected chi connectivity index (χ1v) is 6.86. The number of hydrogen-bond acceptors (Lipinski definition) is 8. The fourth-order valence-electron chi connectivity index (χ4n) is 2.42. The predicted molar refractivity (Wildman–Crippen MR) is 78.2 cm³/mol. The van der Waals surface area contributed by atoms with Crippen molar-refractivity contribution in [2.75, 3.05) is 12.3 Å². The van der Waals surface area contributed by atoms with Gasteiger partial charge in [-0.3, -0.25) is 14.9 Å². The maximum absolute atomic E-state index is 9.45. The summed E-state index contributed by atoms with van der Waals surface area (Å²) in [6.45, 7) is 5.33. The smallest absolute Gasteiger partial charge is 0.167 e. The van der Waals surface area contributed by atoms with Crippen molar-refractivity contribution in [3.05, 3.63) is 24.9 Å². The second-order valence-electron chi connectivity index (χ2n) is 5.17. The zero-order valence-electron chi connectivity index (χ0n) is 12.1. The molecule has 0 aliphatic carbocycles. The van der Waals surface area contributed by atoms with Crippen molar-refractivity contribution in [1.82, 2.24) is 25.0 Å². The highest BCUT2D eigenvalue weighted by Gasteiger charge is 2.38. The van der Waals surface area contributed by atoms with E-state index in [4.69, 9.17) is 15.3 Å². The number of hydrogen-bond donors (Lipinski definition) is 3. The number of nitrogens with zero attached hydrogens (tertiary/aromatic N) is 4. The van der Waals surface area contributed by atoms with E-state index in [2.05, 4.69) is 27.0 Å². The molecule has 0 radical (unpaired) electrons. The van der Waals surface area contributed by atoms with Crippen LogP contribution in [0.4, 0.5) is 5.82 Å². The first kappa shape index (κ1) is 14.7. The van der Waals surface area contributed by atoms with Gasteiger partial charge in [0.15, 0.2) is 11.5 Å². The van der Waals surface area contributed by atoms with Gasteiger partial charge in [-0.25, -0.2) is 15.0 Å². The van der Waals surface area contributed by atoms with Crippen LogP contribution in [0.1, 0.15) is 19.6 Å². The number of aliphatic hydroxyl groups is 1. The summed E-state index contributed by atoms with van der Waals surface area (Å²) < 4.78 is 7.59. The van der Waals surface area contributed by atoms with Gasteiger partial charge in [0, 0.05) is 12.1 Å². The Morgan fingerprint density at radius 3 is 3.14 bits per heavy atom. The summed E-state index contributed by atoms with van der Waals surface area (Å²) in [6, 6.07) is 0. The number of allylic oxidation sites excluding steroid dienone is 1. The third-order valence-electron chi connectivity index (χ3n) is 3.44. The fraction of sp³-hybridized carbons (Fsp3) is 0.462. The Bertz CT molecular complexity index is 687. The van der Waals surface area contributed by atoms with E-state index < -0.39 is 6.10 Å². The lowest BCUT2D eigenvalue weighted by Gasteiger charge is -2.16. The molecular formula is C13H18N6O3. The van der Waals surface area contributed by atoms with Gasteiger partial charge < -0.3 is 15.6 Å². The number of nitrogens with one attached hydrogen (secondary N) is 1. The van der Waals surface area contributed by atoms with E-state index >= 15 is 0 Å². The fourth-order valence-corrected chi connectivity index (χ4v) is 2.42. The molecule has 0 aromatic carbocycles. The zero-order valence-corrected chi connectivity index (χ0v) is 12.1. The van der Waals surface area contributed by atoms with Crippen molar-refractivity contribution in [2.24, 2.45) is 0 Å². The van der Waals surface area contributed by atoms with E-state index in [1.807, 2.05) is 0 Å². The number of anilines is 1. The summed E-state index contributed by atoms with van der Waals surface area (Å²) in [5.74, 6) is 0.317. The van der Waals surface area contributed by atoms with E-state index in [0.717, 1.165) is 0 Å². The van der Waals surface area contributed by atoms with Crippen molar-refractivity contribution < 1.29 is 14.7 Å². The van der Waals surface area contributed by atoms with Gasteiger partial charge in [0.2, 0.25) is 0 Å². The number of imidazole rings is 1. The van der Waals surface area contributed by atoms with Gasteiger partial charge >= 0.3 is 0 Å². The Kier molecular flexibility index (Phi) is 3.92. The summed E-state index contributed by atoms with van der Waals surface area (Å²) in [5.41, 5.74) is 10.3. The minimum atomic E-state index is -0.450. The first-order chi connectivity index (χ1) is 10.6. The van der Waals surface area contributed by atoms with Crippen LogP contribution in [0.15, 0.2) is 24.9 Å². The van der Waals surface area contributed by atoms with Crippen LogP contribution in [-0.2, 0) is 9.57 Å². The molecule has 3 rings (SSSR count). The molecule has 0 saturated carbocycles. The molecule has 0 bridgehead atoms. The summed E-state index contributed by atoms with van der Waals surface area (Å²) in [6.07, 6.45) is 2.39. The quantitative estimate of drug-likeness (QED) is 0.666. The molecule has 1 aliphatic rings. The van der Waals surface area contributed by atoms with Crippen LogP contribution in [0.25, 0.3) is 11.2 Å². The van der Waals surface area contributed by atoms with Gasteiger partial charge in [0.25, 0.3) is 0 Å². The lowest BCUT2D eigenvalue weighted by atomic mass is 10.2. The summed E-state index contributed by atoms with van der Waals surface area (Å²) in [7, 11) is 0. The molecule has 1 fully saturated rings. The predicted octanol–water partition coefficient (Wildman–Crippen LogP) is 0.112. The summed E-state index contributed by atoms with van der Waals surface area (Å²) >= 11 is 0. The highest BCUT2D eigenvalue weighted by Crippen LogP contribution is 2.32. The largest absolute Gasteiger partial charge is 0.394 e. The molecule has 2 aromatic rings. The Morgan fingerprint density at radius 1 is 1.59 bits per heavy atom. The van der Waals surface area contributed by atoms with Crippen molar-refractivity contribution in [3.8, 4) is 0 Å². The molecule has 3 heterocycles. The maximum Gasteiger partial charge on any atom is 0.167 e. The van der Waals surface area contributed by atoms with Crippen molar-refractivity contribution in [3.63, 3.8) is 0 Å². The van der Waals surface area contributed by atoms with Gasteiger partial charge in [0.1, 0.15) is 30.3 Å². The number of hydroxylamine groups is 1. The number of aliphatic hydroxyl groups excluding tert-OH is 1. The number of nitrogens with two attached hydrogens (primary N) is 1. The monoisotopic (exact) mass is 306 g/mol. The van der Waals surface area contributed by atoms with Crippen LogP contribution in [0, 0.1) is 0 Å². The van der Waals surface area contributed by atoms with Gasteiger partial charge in [-0.05, 0) is 6.92 Å². The highest BCUT2D eigenvalue weighted by molar-refractivity contribution is 5.81. The molecule has 0 amide bonds. The Hall–Kier alpha value is -2.23. The lowest BCUT2D eigenvalue weighted by Crippen LogP contribution is -2.32. The van der Waals surface area contributed by atoms with Gasteiger partial charge in [-0.15, -0.1) is 0 Å². The second-order valence-corrected chi connectivity index (χ2v) is 5.17. The average molecular weight is 306 g/mol. The van der Waals surface area contributed by atoms with Crippen molar-refractivity contribution in [1.29, 1.82) is 0 Å². The molecule has 9 nitrogen and oxygen atoms in total. The number of aromatic nitrogens is 4. The van der Waals surface area contributed by atoms with E-state index in [1.165, 1.54) is 6.33 Å². The zero-order chi connectivity index (χ0) is 15.7. The van der Waals surface area contributed by atoms with Crippen LogP contribution in [-0.4, -0.2) is 43.4 Å². The Balaban J connectivity index is 1.82. The summed E-state index contributed by atoms with van der Waals surface area (Å²) in [4.78, 5) is 17.8. The molecular weight excluding hydrogens is 288 g/mol. The van der Waals surface area contributed by atoms with Crippen LogP contribution in [0.3, 0.4) is 0 Å². The minimum Gasteiger partial charge on any atom is -0.394 e. The molecule has 118 valence electrons. The third kappa shape index (κ3) is 2.61. The van der Waals surface area contributed by atoms with Crippen LogP contribution in [0.2, 0.25) is 0 Å². The lowest BCUT2D eigenvalue weighted by molar-refractivity contribution is -0.0804. The number of rotatable bonds is 5. The van der Waals surface area contributed by atoms with E-state index in [0.29, 0.717) is 29.1 Å². The molecule has 0 unspecified atom stereocenters. The summed E-state index contributed by atoms with van der Waals surface area (Å²) in [5, 5.41) is 9.45. The molecule has 3 atom stereocenters. The average Bonchev–Trinajstić information content (AvgIpc) is 3.09. The van der Waals surface area contributed by atoms with Crippen LogP contribution < -0.4 is 11.2 Å². The van der Waals surface area contributed by atoms with E-state index in [9.17, 15) is 5.11 Å². The minimum absolute atomic E-state index is 0.150. The number of ether oxygens (including phenoxy) is 1. The molecule has 9 heteroatoms. The van der Waals surface area contributed by atoms with E-state index in [-0.39, 0.29) is 18.9 Å². The van der Waals surface area contributed by atoms with Crippen LogP contribution >= 0.6 is 0 Å². The standard InChI is InChI=1S/C13H18N6O3/c1-7(2)18-22-8-3-10(21-9(8)4-20)19-6-17-11-12(14)15-5-16-13(11)19/h5-6,8-10,18,20H,1,3-4H2,2H3,(H2,14,15,16)/t8-,9+,10-/m0/s1. The van der Waals surface area contributed by atoms with Crippen molar-refractivity contribution >= 4 is 17.0 Å². The van der Waals surface area contributed by atoms with E-state index in [1.54, 1.807) is 17.8 Å². The SMILES string of the molecule is C=C(C)NO[C@H]1C[C@@H](n2cnc3c(N)ncnc32)O[C@@H]1CO. The number of fused-ring (bicyclic) bond motifs is 1. The van der Waals surface area contributed by atoms with Gasteiger partial charge in [-0.2, -0.15) is 0 Å². The molecule has 1 aliphatic heterocycles. The third-order valence-corrected chi connectivity index (χ3v) is 3.44. The molecule has 22 heavy (non-hydrogen) atoms. The molecule has 0 spiro atoms. The second kappa shape index (κ2) is 5.87. The highest BCUT2D eigenvalue weighted by atomic mass is 16.7. The van der Waals surface area contributed by atoms with Gasteiger partial charge in [0.05, 0.1) is 12.9 Å². The Morgan fingerprint density at radius 2 is 2.41 bits per heavy atom. The maximum atomic E-state index is 9.45. The topological polar surface area (TPSA) is 120 Å². The normalized spacial score (nSPS) is 24.7. The first-order valence-electron chi connectivity index (χ1n) is 6.86. The van der Waals surface area contributed by atoms with Crippen molar-refractivity contribution in [2.45, 2.75) is 31.8 Å². The molecule has 1 saturated heterocycles. The van der Waals surface area contributed by atoms with Crippen LogP contribution in [0.5, 0.6) is 0 Å². The molecule has 4 N–H and O–H groups in total.